The van der Waals surface area contributed by atoms with Crippen LogP contribution in [0, 0.1) is 5.92 Å². The average Bonchev–Trinajstić information content (AvgIpc) is 2.85. The van der Waals surface area contributed by atoms with Crippen molar-refractivity contribution in [2.75, 3.05) is 31.6 Å². The minimum absolute atomic E-state index is 0.172. The lowest BCUT2D eigenvalue weighted by atomic mass is 10.1. The number of benzene rings is 1. The van der Waals surface area contributed by atoms with Crippen molar-refractivity contribution >= 4 is 11.6 Å². The van der Waals surface area contributed by atoms with E-state index in [9.17, 15) is 0 Å². The van der Waals surface area contributed by atoms with Crippen LogP contribution in [-0.2, 0) is 0 Å². The van der Waals surface area contributed by atoms with Crippen molar-refractivity contribution in [1.29, 1.82) is 0 Å². The smallest absolute Gasteiger partial charge is 0.185 e. The van der Waals surface area contributed by atoms with E-state index < -0.39 is 0 Å². The molecule has 1 heterocycles. The molecule has 5 heteroatoms. The minimum atomic E-state index is 0.172. The van der Waals surface area contributed by atoms with Gasteiger partial charge in [-0.2, -0.15) is 0 Å². The summed E-state index contributed by atoms with van der Waals surface area (Å²) in [5, 5.41) is 0. The molecule has 0 aliphatic carbocycles. The predicted molar refractivity (Wildman–Crippen MR) is 74.0 cm³/mol. The maximum absolute atomic E-state index is 5.38. The number of guanidine groups is 1. The molecule has 2 rings (SSSR count). The average molecular weight is 248 g/mol. The Kier molecular flexibility index (Phi) is 3.92. The molecular formula is C13H20N4O. The largest absolute Gasteiger partial charge is 0.495 e. The van der Waals surface area contributed by atoms with Crippen molar-refractivity contribution in [3.63, 3.8) is 0 Å². The summed E-state index contributed by atoms with van der Waals surface area (Å²) in [6.07, 6.45) is 1.11. The van der Waals surface area contributed by atoms with E-state index in [0.29, 0.717) is 12.5 Å². The number of nitrogens with two attached hydrogens (primary N) is 2. The summed E-state index contributed by atoms with van der Waals surface area (Å²) in [5.41, 5.74) is 11.9. The van der Waals surface area contributed by atoms with Gasteiger partial charge < -0.3 is 21.1 Å². The lowest BCUT2D eigenvalue weighted by molar-refractivity contribution is 0.414. The summed E-state index contributed by atoms with van der Waals surface area (Å²) in [4.78, 5) is 6.42. The van der Waals surface area contributed by atoms with Gasteiger partial charge in [0.2, 0.25) is 0 Å². The topological polar surface area (TPSA) is 76.9 Å². The van der Waals surface area contributed by atoms with Crippen molar-refractivity contribution < 1.29 is 4.74 Å². The molecule has 1 aliphatic heterocycles. The first-order valence-electron chi connectivity index (χ1n) is 6.14. The van der Waals surface area contributed by atoms with Crippen LogP contribution in [0.1, 0.15) is 6.42 Å². The Morgan fingerprint density at radius 1 is 1.44 bits per heavy atom. The van der Waals surface area contributed by atoms with Crippen molar-refractivity contribution in [3.8, 4) is 5.75 Å². The quantitative estimate of drug-likeness (QED) is 0.610. The summed E-state index contributed by atoms with van der Waals surface area (Å²) < 4.78 is 5.38. The Balaban J connectivity index is 2.02. The molecule has 5 nitrogen and oxygen atoms in total. The molecule has 1 aromatic rings. The predicted octanol–water partition coefficient (Wildman–Crippen LogP) is 0.795. The Labute approximate surface area is 107 Å². The van der Waals surface area contributed by atoms with E-state index in [0.717, 1.165) is 30.9 Å². The molecule has 1 saturated heterocycles. The summed E-state index contributed by atoms with van der Waals surface area (Å²) in [5.74, 6) is 1.60. The second-order valence-electron chi connectivity index (χ2n) is 4.54. The van der Waals surface area contributed by atoms with Gasteiger partial charge in [-0.25, -0.2) is 0 Å². The summed E-state index contributed by atoms with van der Waals surface area (Å²) in [6.45, 7) is 2.69. The minimum Gasteiger partial charge on any atom is -0.495 e. The van der Waals surface area contributed by atoms with Crippen LogP contribution in [0.25, 0.3) is 0 Å². The third-order valence-corrected chi connectivity index (χ3v) is 3.24. The number of aliphatic imine (C=N–C) groups is 1. The summed E-state index contributed by atoms with van der Waals surface area (Å²) in [7, 11) is 1.70. The number of methoxy groups -OCH3 is 1. The zero-order valence-corrected chi connectivity index (χ0v) is 10.7. The maximum Gasteiger partial charge on any atom is 0.185 e. The highest BCUT2D eigenvalue weighted by molar-refractivity contribution is 5.75. The molecule has 1 atom stereocenters. The first kappa shape index (κ1) is 12.5. The second kappa shape index (κ2) is 5.62. The normalized spacial score (nSPS) is 18.7. The highest BCUT2D eigenvalue weighted by Crippen LogP contribution is 2.31. The van der Waals surface area contributed by atoms with Gasteiger partial charge in [0.25, 0.3) is 0 Å². The van der Waals surface area contributed by atoms with Gasteiger partial charge in [-0.05, 0) is 24.5 Å². The van der Waals surface area contributed by atoms with Gasteiger partial charge in [0.15, 0.2) is 5.96 Å². The maximum atomic E-state index is 5.38. The summed E-state index contributed by atoms with van der Waals surface area (Å²) in [6, 6.07) is 8.08. The van der Waals surface area contributed by atoms with Gasteiger partial charge in [-0.1, -0.05) is 12.1 Å². The van der Waals surface area contributed by atoms with Crippen LogP contribution < -0.4 is 21.1 Å². The molecule has 1 aliphatic rings. The van der Waals surface area contributed by atoms with Crippen LogP contribution in [0.2, 0.25) is 0 Å². The van der Waals surface area contributed by atoms with Gasteiger partial charge >= 0.3 is 0 Å². The highest BCUT2D eigenvalue weighted by Gasteiger charge is 2.24. The number of anilines is 1. The SMILES string of the molecule is COc1ccccc1N1CCC(CN=C(N)N)C1. The van der Waals surface area contributed by atoms with Crippen molar-refractivity contribution in [2.24, 2.45) is 22.4 Å². The number of para-hydroxylation sites is 2. The number of nitrogens with zero attached hydrogens (tertiary/aromatic N) is 2. The molecule has 0 saturated carbocycles. The van der Waals surface area contributed by atoms with E-state index in [-0.39, 0.29) is 5.96 Å². The molecule has 0 spiro atoms. The van der Waals surface area contributed by atoms with E-state index in [4.69, 9.17) is 16.2 Å². The number of rotatable bonds is 4. The van der Waals surface area contributed by atoms with Crippen LogP contribution in [-0.4, -0.2) is 32.7 Å². The molecule has 0 aromatic heterocycles. The lowest BCUT2D eigenvalue weighted by Crippen LogP contribution is -2.25. The molecule has 1 fully saturated rings. The third-order valence-electron chi connectivity index (χ3n) is 3.24. The van der Waals surface area contributed by atoms with E-state index in [1.165, 1.54) is 0 Å². The number of hydrogen-bond acceptors (Lipinski definition) is 3. The molecule has 1 unspecified atom stereocenters. The van der Waals surface area contributed by atoms with Crippen LogP contribution in [0.4, 0.5) is 5.69 Å². The van der Waals surface area contributed by atoms with E-state index in [2.05, 4.69) is 16.0 Å². The first-order valence-corrected chi connectivity index (χ1v) is 6.14. The number of hydrogen-bond donors (Lipinski definition) is 2. The van der Waals surface area contributed by atoms with Crippen molar-refractivity contribution in [1.82, 2.24) is 0 Å². The van der Waals surface area contributed by atoms with E-state index in [1.54, 1.807) is 7.11 Å². The van der Waals surface area contributed by atoms with Crippen LogP contribution >= 0.6 is 0 Å². The Hall–Kier alpha value is -1.91. The third kappa shape index (κ3) is 2.85. The van der Waals surface area contributed by atoms with Gasteiger partial charge in [0, 0.05) is 19.6 Å². The monoisotopic (exact) mass is 248 g/mol. The zero-order chi connectivity index (χ0) is 13.0. The second-order valence-corrected chi connectivity index (χ2v) is 4.54. The van der Waals surface area contributed by atoms with Crippen LogP contribution in [0.5, 0.6) is 5.75 Å². The lowest BCUT2D eigenvalue weighted by Gasteiger charge is -2.20. The fourth-order valence-electron chi connectivity index (χ4n) is 2.33. The Bertz CT molecular complexity index is 429. The van der Waals surface area contributed by atoms with Crippen LogP contribution in [0.15, 0.2) is 29.3 Å². The van der Waals surface area contributed by atoms with Crippen molar-refractivity contribution in [2.45, 2.75) is 6.42 Å². The van der Waals surface area contributed by atoms with Gasteiger partial charge in [-0.3, -0.25) is 4.99 Å². The van der Waals surface area contributed by atoms with Gasteiger partial charge in [0.05, 0.1) is 12.8 Å². The standard InChI is InChI=1S/C13H20N4O/c1-18-12-5-3-2-4-11(12)17-7-6-10(9-17)8-16-13(14)15/h2-5,10H,6-9H2,1H3,(H4,14,15,16). The highest BCUT2D eigenvalue weighted by atomic mass is 16.5. The fraction of sp³-hybridized carbons (Fsp3) is 0.462. The van der Waals surface area contributed by atoms with E-state index >= 15 is 0 Å². The van der Waals surface area contributed by atoms with Crippen molar-refractivity contribution in [3.05, 3.63) is 24.3 Å². The molecule has 0 amide bonds. The first-order chi connectivity index (χ1) is 8.70. The number of ether oxygens (including phenoxy) is 1. The van der Waals surface area contributed by atoms with Gasteiger partial charge in [-0.15, -0.1) is 0 Å². The Morgan fingerprint density at radius 3 is 2.94 bits per heavy atom. The summed E-state index contributed by atoms with van der Waals surface area (Å²) >= 11 is 0. The van der Waals surface area contributed by atoms with Gasteiger partial charge in [0.1, 0.15) is 5.75 Å². The molecule has 0 radical (unpaired) electrons. The van der Waals surface area contributed by atoms with Crippen LogP contribution in [0.3, 0.4) is 0 Å². The molecular weight excluding hydrogens is 228 g/mol. The molecule has 18 heavy (non-hydrogen) atoms. The Morgan fingerprint density at radius 2 is 2.22 bits per heavy atom. The van der Waals surface area contributed by atoms with E-state index in [1.807, 2.05) is 18.2 Å². The molecule has 1 aromatic carbocycles. The zero-order valence-electron chi connectivity index (χ0n) is 10.7. The fourth-order valence-corrected chi connectivity index (χ4v) is 2.33. The molecule has 4 N–H and O–H groups in total. The molecule has 0 bridgehead atoms. The molecule has 98 valence electrons.